The summed E-state index contributed by atoms with van der Waals surface area (Å²) in [4.78, 5) is 5.70. The molecule has 1 aromatic carbocycles. The number of hydrogen-bond donors (Lipinski definition) is 1. The van der Waals surface area contributed by atoms with Gasteiger partial charge in [0.05, 0.1) is 25.3 Å². The molecule has 8 heteroatoms. The van der Waals surface area contributed by atoms with E-state index in [0.29, 0.717) is 32.4 Å². The summed E-state index contributed by atoms with van der Waals surface area (Å²) in [5, 5.41) is 0. The summed E-state index contributed by atoms with van der Waals surface area (Å²) in [7, 11) is 0. The number of morpholine rings is 1. The van der Waals surface area contributed by atoms with Crippen LogP contribution < -0.4 is 5.73 Å². The van der Waals surface area contributed by atoms with Gasteiger partial charge in [0.2, 0.25) is 0 Å². The number of guanidine groups is 1. The molecule has 1 heterocycles. The third kappa shape index (κ3) is 4.07. The Morgan fingerprint density at radius 1 is 1.29 bits per heavy atom. The molecule has 2 rings (SSSR count). The topological polar surface area (TPSA) is 50.8 Å². The molecule has 116 valence electrons. The summed E-state index contributed by atoms with van der Waals surface area (Å²) in [5.74, 6) is -0.771. The monoisotopic (exact) mass is 305 g/mol. The van der Waals surface area contributed by atoms with E-state index in [9.17, 15) is 17.6 Å². The predicted octanol–water partition coefficient (Wildman–Crippen LogP) is 1.99. The maximum atomic E-state index is 13.0. The number of rotatable bonds is 2. The summed E-state index contributed by atoms with van der Waals surface area (Å²) >= 11 is 0. The fraction of sp³-hybridized carbons (Fsp3) is 0.462. The summed E-state index contributed by atoms with van der Waals surface area (Å²) < 4.78 is 56.6. The van der Waals surface area contributed by atoms with Crippen LogP contribution in [0.4, 0.5) is 17.6 Å². The van der Waals surface area contributed by atoms with E-state index in [4.69, 9.17) is 10.5 Å². The summed E-state index contributed by atoms with van der Waals surface area (Å²) in [5.41, 5.74) is 4.61. The van der Waals surface area contributed by atoms with Crippen LogP contribution in [-0.4, -0.2) is 37.2 Å². The fourth-order valence-electron chi connectivity index (χ4n) is 2.01. The van der Waals surface area contributed by atoms with Gasteiger partial charge in [0.15, 0.2) is 5.96 Å². The Hall–Kier alpha value is -1.83. The second kappa shape index (κ2) is 6.30. The van der Waals surface area contributed by atoms with Gasteiger partial charge in [-0.1, -0.05) is 6.07 Å². The Balaban J connectivity index is 2.15. The SMILES string of the molecule is NC(=NCc1ccc(F)cc1C(F)(F)F)N1CCOCC1. The van der Waals surface area contributed by atoms with Crippen LogP contribution in [0.2, 0.25) is 0 Å². The van der Waals surface area contributed by atoms with Gasteiger partial charge in [-0.3, -0.25) is 0 Å². The van der Waals surface area contributed by atoms with Gasteiger partial charge in [-0.2, -0.15) is 13.2 Å². The molecule has 1 aromatic rings. The zero-order valence-electron chi connectivity index (χ0n) is 11.2. The second-order valence-electron chi connectivity index (χ2n) is 4.57. The van der Waals surface area contributed by atoms with E-state index < -0.39 is 17.6 Å². The number of aliphatic imine (C=N–C) groups is 1. The van der Waals surface area contributed by atoms with Crippen molar-refractivity contribution >= 4 is 5.96 Å². The lowest BCUT2D eigenvalue weighted by atomic mass is 10.1. The van der Waals surface area contributed by atoms with E-state index in [1.807, 2.05) is 0 Å². The molecule has 0 spiro atoms. The highest BCUT2D eigenvalue weighted by molar-refractivity contribution is 5.78. The van der Waals surface area contributed by atoms with Gasteiger partial charge in [-0.05, 0) is 17.7 Å². The Labute approximate surface area is 119 Å². The largest absolute Gasteiger partial charge is 0.416 e. The van der Waals surface area contributed by atoms with Gasteiger partial charge in [0.25, 0.3) is 0 Å². The minimum absolute atomic E-state index is 0.111. The van der Waals surface area contributed by atoms with E-state index in [1.54, 1.807) is 4.90 Å². The Bertz CT molecular complexity index is 525. The molecule has 21 heavy (non-hydrogen) atoms. The zero-order chi connectivity index (χ0) is 15.5. The quantitative estimate of drug-likeness (QED) is 0.516. The first kappa shape index (κ1) is 15.6. The van der Waals surface area contributed by atoms with Crippen molar-refractivity contribution in [2.24, 2.45) is 10.7 Å². The first-order chi connectivity index (χ1) is 9.88. The van der Waals surface area contributed by atoms with Crippen LogP contribution in [0.25, 0.3) is 0 Å². The number of halogens is 4. The molecule has 1 aliphatic rings. The van der Waals surface area contributed by atoms with Gasteiger partial charge in [0, 0.05) is 13.1 Å². The summed E-state index contributed by atoms with van der Waals surface area (Å²) in [6, 6.07) is 2.52. The molecule has 1 saturated heterocycles. The van der Waals surface area contributed by atoms with Crippen LogP contribution in [0.1, 0.15) is 11.1 Å². The lowest BCUT2D eigenvalue weighted by molar-refractivity contribution is -0.138. The molecule has 1 fully saturated rings. The van der Waals surface area contributed by atoms with Gasteiger partial charge in [-0.15, -0.1) is 0 Å². The Kier molecular flexibility index (Phi) is 4.66. The van der Waals surface area contributed by atoms with Gasteiger partial charge in [-0.25, -0.2) is 9.38 Å². The van der Waals surface area contributed by atoms with Crippen LogP contribution in [-0.2, 0) is 17.5 Å². The molecular weight excluding hydrogens is 290 g/mol. The third-order valence-electron chi connectivity index (χ3n) is 3.12. The first-order valence-electron chi connectivity index (χ1n) is 6.36. The maximum absolute atomic E-state index is 13.0. The van der Waals surface area contributed by atoms with Crippen molar-refractivity contribution in [2.75, 3.05) is 26.3 Å². The molecule has 0 saturated carbocycles. The third-order valence-corrected chi connectivity index (χ3v) is 3.12. The molecule has 0 aromatic heterocycles. The van der Waals surface area contributed by atoms with Crippen LogP contribution in [0.15, 0.2) is 23.2 Å². The van der Waals surface area contributed by atoms with Crippen molar-refractivity contribution in [3.05, 3.63) is 35.1 Å². The van der Waals surface area contributed by atoms with Crippen molar-refractivity contribution in [2.45, 2.75) is 12.7 Å². The van der Waals surface area contributed by atoms with Crippen molar-refractivity contribution in [3.63, 3.8) is 0 Å². The predicted molar refractivity (Wildman–Crippen MR) is 69.1 cm³/mol. The van der Waals surface area contributed by atoms with Crippen LogP contribution >= 0.6 is 0 Å². The van der Waals surface area contributed by atoms with Gasteiger partial charge < -0.3 is 15.4 Å². The van der Waals surface area contributed by atoms with Crippen LogP contribution in [0.5, 0.6) is 0 Å². The van der Waals surface area contributed by atoms with Crippen molar-refractivity contribution in [1.29, 1.82) is 0 Å². The van der Waals surface area contributed by atoms with Gasteiger partial charge >= 0.3 is 6.18 Å². The molecule has 0 aliphatic carbocycles. The number of hydrogen-bond acceptors (Lipinski definition) is 2. The summed E-state index contributed by atoms with van der Waals surface area (Å²) in [6.07, 6.45) is -4.62. The lowest BCUT2D eigenvalue weighted by Crippen LogP contribution is -2.44. The number of nitrogens with zero attached hydrogens (tertiary/aromatic N) is 2. The minimum atomic E-state index is -4.62. The molecule has 0 radical (unpaired) electrons. The van der Waals surface area contributed by atoms with Crippen molar-refractivity contribution in [3.8, 4) is 0 Å². The molecule has 0 amide bonds. The standard InChI is InChI=1S/C13H15F4N3O/c14-10-2-1-9(11(7-10)13(15,16)17)8-19-12(18)20-3-5-21-6-4-20/h1-2,7H,3-6,8H2,(H2,18,19). The molecule has 2 N–H and O–H groups in total. The average molecular weight is 305 g/mol. The second-order valence-corrected chi connectivity index (χ2v) is 4.57. The van der Waals surface area contributed by atoms with E-state index in [1.165, 1.54) is 0 Å². The molecule has 0 bridgehead atoms. The van der Waals surface area contributed by atoms with Crippen molar-refractivity contribution in [1.82, 2.24) is 4.90 Å². The molecule has 1 aliphatic heterocycles. The van der Waals surface area contributed by atoms with E-state index in [-0.39, 0.29) is 18.1 Å². The Morgan fingerprint density at radius 3 is 2.57 bits per heavy atom. The molecular formula is C13H15F4N3O. The normalized spacial score (nSPS) is 17.1. The number of alkyl halides is 3. The molecule has 0 atom stereocenters. The highest BCUT2D eigenvalue weighted by Crippen LogP contribution is 2.32. The summed E-state index contributed by atoms with van der Waals surface area (Å²) in [6.45, 7) is 1.84. The Morgan fingerprint density at radius 2 is 1.95 bits per heavy atom. The number of ether oxygens (including phenoxy) is 1. The van der Waals surface area contributed by atoms with Crippen molar-refractivity contribution < 1.29 is 22.3 Å². The van der Waals surface area contributed by atoms with E-state index >= 15 is 0 Å². The smallest absolute Gasteiger partial charge is 0.378 e. The van der Waals surface area contributed by atoms with Crippen LogP contribution in [0, 0.1) is 5.82 Å². The highest BCUT2D eigenvalue weighted by atomic mass is 19.4. The molecule has 0 unspecified atom stereocenters. The zero-order valence-corrected chi connectivity index (χ0v) is 11.2. The first-order valence-corrected chi connectivity index (χ1v) is 6.36. The highest BCUT2D eigenvalue weighted by Gasteiger charge is 2.33. The lowest BCUT2D eigenvalue weighted by Gasteiger charge is -2.27. The molecule has 4 nitrogen and oxygen atoms in total. The van der Waals surface area contributed by atoms with E-state index in [0.717, 1.165) is 12.1 Å². The fourth-order valence-corrected chi connectivity index (χ4v) is 2.01. The number of benzene rings is 1. The minimum Gasteiger partial charge on any atom is -0.378 e. The van der Waals surface area contributed by atoms with Crippen LogP contribution in [0.3, 0.4) is 0 Å². The van der Waals surface area contributed by atoms with E-state index in [2.05, 4.69) is 4.99 Å². The maximum Gasteiger partial charge on any atom is 0.416 e. The van der Waals surface area contributed by atoms with Gasteiger partial charge in [0.1, 0.15) is 5.82 Å². The average Bonchev–Trinajstić information content (AvgIpc) is 2.45. The number of nitrogens with two attached hydrogens (primary N) is 1.